The Labute approximate surface area is 168 Å². The molecule has 0 atom stereocenters. The highest BCUT2D eigenvalue weighted by molar-refractivity contribution is 5.92. The summed E-state index contributed by atoms with van der Waals surface area (Å²) in [6, 6.07) is 10.2. The topological polar surface area (TPSA) is 94.5 Å². The van der Waals surface area contributed by atoms with Crippen LogP contribution in [0.15, 0.2) is 36.4 Å². The number of benzene rings is 2. The first-order chi connectivity index (χ1) is 13.9. The van der Waals surface area contributed by atoms with Crippen LogP contribution in [-0.4, -0.2) is 56.4 Å². The normalized spacial score (nSPS) is 14.0. The van der Waals surface area contributed by atoms with Gasteiger partial charge in [-0.1, -0.05) is 12.1 Å². The van der Waals surface area contributed by atoms with Crippen LogP contribution >= 0.6 is 0 Å². The van der Waals surface area contributed by atoms with E-state index >= 15 is 0 Å². The van der Waals surface area contributed by atoms with E-state index in [1.54, 1.807) is 12.1 Å². The van der Waals surface area contributed by atoms with Gasteiger partial charge in [-0.05, 0) is 29.8 Å². The number of carboxylic acids is 1. The summed E-state index contributed by atoms with van der Waals surface area (Å²) in [4.78, 5) is 25.4. The molecule has 8 nitrogen and oxygen atoms in total. The zero-order valence-electron chi connectivity index (χ0n) is 16.5. The van der Waals surface area contributed by atoms with Gasteiger partial charge in [0.1, 0.15) is 5.75 Å². The summed E-state index contributed by atoms with van der Waals surface area (Å²) in [5.41, 5.74) is 1.28. The van der Waals surface area contributed by atoms with Gasteiger partial charge in [0, 0.05) is 19.6 Å². The van der Waals surface area contributed by atoms with Crippen LogP contribution in [0.2, 0.25) is 0 Å². The first-order valence-corrected chi connectivity index (χ1v) is 9.01. The Morgan fingerprint density at radius 2 is 1.59 bits per heavy atom. The molecule has 0 radical (unpaired) electrons. The van der Waals surface area contributed by atoms with E-state index in [4.69, 9.17) is 24.1 Å². The van der Waals surface area contributed by atoms with Gasteiger partial charge in [0.15, 0.2) is 11.5 Å². The van der Waals surface area contributed by atoms with Crippen LogP contribution in [0, 0.1) is 5.92 Å². The maximum absolute atomic E-state index is 12.5. The standard InChI is InChI=1S/C21H23NO7/c1-26-17-8-14(9-18(27-2)19(17)28-3)21(25)29-16-6-4-13(5-7-16)10-22-11-15(12-22)20(23)24/h4-9,15H,10-12H2,1-3H3,(H,23,24). The zero-order chi connectivity index (χ0) is 21.0. The van der Waals surface area contributed by atoms with E-state index in [9.17, 15) is 9.59 Å². The lowest BCUT2D eigenvalue weighted by atomic mass is 10.00. The number of hydrogen-bond acceptors (Lipinski definition) is 7. The van der Waals surface area contributed by atoms with Gasteiger partial charge in [0.2, 0.25) is 5.75 Å². The summed E-state index contributed by atoms with van der Waals surface area (Å²) >= 11 is 0. The Balaban J connectivity index is 1.64. The molecule has 0 bridgehead atoms. The van der Waals surface area contributed by atoms with Crippen LogP contribution in [0.4, 0.5) is 0 Å². The Morgan fingerprint density at radius 3 is 2.07 bits per heavy atom. The third-order valence-electron chi connectivity index (χ3n) is 4.75. The van der Waals surface area contributed by atoms with Crippen LogP contribution in [0.5, 0.6) is 23.0 Å². The highest BCUT2D eigenvalue weighted by Gasteiger charge is 2.32. The number of methoxy groups -OCH3 is 3. The van der Waals surface area contributed by atoms with Crippen molar-refractivity contribution in [2.45, 2.75) is 6.54 Å². The average Bonchev–Trinajstić information content (AvgIpc) is 2.69. The fourth-order valence-electron chi connectivity index (χ4n) is 3.14. The molecule has 0 aromatic heterocycles. The Kier molecular flexibility index (Phi) is 6.23. The number of aliphatic carboxylic acids is 1. The van der Waals surface area contributed by atoms with Gasteiger partial charge in [0.25, 0.3) is 0 Å². The van der Waals surface area contributed by atoms with E-state index in [0.29, 0.717) is 42.6 Å². The average molecular weight is 401 g/mol. The summed E-state index contributed by atoms with van der Waals surface area (Å²) in [7, 11) is 4.44. The summed E-state index contributed by atoms with van der Waals surface area (Å²) in [6.45, 7) is 1.76. The molecular formula is C21H23NO7. The molecule has 29 heavy (non-hydrogen) atoms. The van der Waals surface area contributed by atoms with Crippen molar-refractivity contribution in [1.29, 1.82) is 0 Å². The van der Waals surface area contributed by atoms with Gasteiger partial charge in [-0.25, -0.2) is 4.79 Å². The minimum atomic E-state index is -0.754. The van der Waals surface area contributed by atoms with Crippen LogP contribution in [0.25, 0.3) is 0 Å². The van der Waals surface area contributed by atoms with Gasteiger partial charge in [0.05, 0.1) is 32.8 Å². The molecule has 0 unspecified atom stereocenters. The SMILES string of the molecule is COc1cc(C(=O)Oc2ccc(CN3CC(C(=O)O)C3)cc2)cc(OC)c1OC. The summed E-state index contributed by atoms with van der Waals surface area (Å²) in [5.74, 6) is -0.0636. The third kappa shape index (κ3) is 4.60. The molecule has 0 aliphatic carbocycles. The second-order valence-corrected chi connectivity index (χ2v) is 6.68. The lowest BCUT2D eigenvalue weighted by Gasteiger charge is -2.36. The van der Waals surface area contributed by atoms with Gasteiger partial charge < -0.3 is 24.1 Å². The number of likely N-dealkylation sites (tertiary alicyclic amines) is 1. The molecule has 2 aromatic rings. The van der Waals surface area contributed by atoms with Crippen molar-refractivity contribution in [3.63, 3.8) is 0 Å². The van der Waals surface area contributed by atoms with E-state index in [1.807, 2.05) is 12.1 Å². The van der Waals surface area contributed by atoms with Gasteiger partial charge in [-0.3, -0.25) is 9.69 Å². The quantitative estimate of drug-likeness (QED) is 0.532. The largest absolute Gasteiger partial charge is 0.493 e. The second-order valence-electron chi connectivity index (χ2n) is 6.68. The highest BCUT2D eigenvalue weighted by atomic mass is 16.5. The smallest absolute Gasteiger partial charge is 0.343 e. The third-order valence-corrected chi connectivity index (χ3v) is 4.75. The molecule has 1 saturated heterocycles. The Bertz CT molecular complexity index is 863. The van der Waals surface area contributed by atoms with E-state index in [2.05, 4.69) is 4.90 Å². The van der Waals surface area contributed by atoms with Crippen molar-refractivity contribution in [3.05, 3.63) is 47.5 Å². The van der Waals surface area contributed by atoms with Crippen LogP contribution in [0.3, 0.4) is 0 Å². The molecular weight excluding hydrogens is 378 g/mol. The fourth-order valence-corrected chi connectivity index (χ4v) is 3.14. The summed E-state index contributed by atoms with van der Waals surface area (Å²) in [5, 5.41) is 8.93. The summed E-state index contributed by atoms with van der Waals surface area (Å²) < 4.78 is 21.2. The highest BCUT2D eigenvalue weighted by Crippen LogP contribution is 2.38. The van der Waals surface area contributed by atoms with Gasteiger partial charge >= 0.3 is 11.9 Å². The minimum Gasteiger partial charge on any atom is -0.493 e. The number of carboxylic acid groups (broad SMARTS) is 1. The lowest BCUT2D eigenvalue weighted by Crippen LogP contribution is -2.49. The molecule has 1 aliphatic heterocycles. The van der Waals surface area contributed by atoms with Crippen molar-refractivity contribution in [1.82, 2.24) is 4.90 Å². The van der Waals surface area contributed by atoms with E-state index in [1.165, 1.54) is 33.5 Å². The first-order valence-electron chi connectivity index (χ1n) is 9.01. The van der Waals surface area contributed by atoms with Gasteiger partial charge in [-0.2, -0.15) is 0 Å². The molecule has 0 saturated carbocycles. The number of ether oxygens (including phenoxy) is 4. The van der Waals surface area contributed by atoms with Crippen LogP contribution in [0.1, 0.15) is 15.9 Å². The number of rotatable bonds is 8. The molecule has 1 N–H and O–H groups in total. The minimum absolute atomic E-state index is 0.267. The van der Waals surface area contributed by atoms with E-state index in [-0.39, 0.29) is 11.5 Å². The molecule has 3 rings (SSSR count). The molecule has 0 spiro atoms. The molecule has 1 aliphatic rings. The Morgan fingerprint density at radius 1 is 1.00 bits per heavy atom. The van der Waals surface area contributed by atoms with Crippen molar-refractivity contribution in [2.24, 2.45) is 5.92 Å². The second kappa shape index (κ2) is 8.83. The number of carbonyl (C=O) groups excluding carboxylic acids is 1. The molecule has 0 amide bonds. The maximum atomic E-state index is 12.5. The van der Waals surface area contributed by atoms with Crippen LogP contribution in [-0.2, 0) is 11.3 Å². The van der Waals surface area contributed by atoms with Crippen molar-refractivity contribution < 1.29 is 33.6 Å². The molecule has 1 fully saturated rings. The predicted octanol–water partition coefficient (Wildman–Crippen LogP) is 2.45. The first kappa shape index (κ1) is 20.5. The molecule has 2 aromatic carbocycles. The summed E-state index contributed by atoms with van der Waals surface area (Å²) in [6.07, 6.45) is 0. The van der Waals surface area contributed by atoms with Crippen molar-refractivity contribution in [2.75, 3.05) is 34.4 Å². The Hall–Kier alpha value is -3.26. The monoisotopic (exact) mass is 401 g/mol. The fraction of sp³-hybridized carbons (Fsp3) is 0.333. The number of esters is 1. The zero-order valence-corrected chi connectivity index (χ0v) is 16.5. The van der Waals surface area contributed by atoms with E-state index in [0.717, 1.165) is 5.56 Å². The van der Waals surface area contributed by atoms with Gasteiger partial charge in [-0.15, -0.1) is 0 Å². The lowest BCUT2D eigenvalue weighted by molar-refractivity contribution is -0.147. The number of carbonyl (C=O) groups is 2. The maximum Gasteiger partial charge on any atom is 0.343 e. The number of hydrogen-bond donors (Lipinski definition) is 1. The van der Waals surface area contributed by atoms with Crippen molar-refractivity contribution >= 4 is 11.9 Å². The van der Waals surface area contributed by atoms with E-state index < -0.39 is 11.9 Å². The molecule has 8 heteroatoms. The van der Waals surface area contributed by atoms with Crippen molar-refractivity contribution in [3.8, 4) is 23.0 Å². The predicted molar refractivity (Wildman–Crippen MR) is 104 cm³/mol. The number of nitrogens with zero attached hydrogens (tertiary/aromatic N) is 1. The van der Waals surface area contributed by atoms with Crippen LogP contribution < -0.4 is 18.9 Å². The molecule has 154 valence electrons. The molecule has 1 heterocycles.